The van der Waals surface area contributed by atoms with E-state index in [4.69, 9.17) is 0 Å². The first-order valence-corrected chi connectivity index (χ1v) is 4.42. The Hall–Kier alpha value is -1.45. The first-order chi connectivity index (χ1) is 6.25. The second-order valence-electron chi connectivity index (χ2n) is 3.62. The van der Waals surface area contributed by atoms with Crippen LogP contribution in [0.2, 0.25) is 0 Å². The first kappa shape index (κ1) is 8.16. The lowest BCUT2D eigenvalue weighted by Crippen LogP contribution is -1.97. The maximum atomic E-state index is 3.84. The van der Waals surface area contributed by atoms with Crippen molar-refractivity contribution in [3.8, 4) is 0 Å². The molecule has 0 aliphatic carbocycles. The van der Waals surface area contributed by atoms with E-state index >= 15 is 0 Å². The molecule has 2 aromatic rings. The van der Waals surface area contributed by atoms with Crippen LogP contribution in [0, 0.1) is 5.92 Å². The average Bonchev–Trinajstić information content (AvgIpc) is 2.49. The number of rotatable bonds is 2. The van der Waals surface area contributed by atoms with Crippen LogP contribution >= 0.6 is 0 Å². The van der Waals surface area contributed by atoms with Crippen LogP contribution < -0.4 is 0 Å². The number of tetrazole rings is 1. The van der Waals surface area contributed by atoms with Crippen LogP contribution in [0.4, 0.5) is 0 Å². The number of hydrogen-bond acceptors (Lipinski definition) is 3. The van der Waals surface area contributed by atoms with Gasteiger partial charge >= 0.3 is 0 Å². The summed E-state index contributed by atoms with van der Waals surface area (Å²) >= 11 is 0. The van der Waals surface area contributed by atoms with E-state index in [2.05, 4.69) is 35.4 Å². The monoisotopic (exact) mass is 176 g/mol. The molecule has 4 heteroatoms. The number of hydrogen-bond donors (Lipinski definition) is 0. The molecule has 0 bridgehead atoms. The van der Waals surface area contributed by atoms with Gasteiger partial charge in [-0.3, -0.25) is 0 Å². The van der Waals surface area contributed by atoms with E-state index in [1.165, 1.54) is 5.56 Å². The molecule has 4 nitrogen and oxygen atoms in total. The third-order valence-electron chi connectivity index (χ3n) is 1.90. The Morgan fingerprint density at radius 1 is 1.38 bits per heavy atom. The zero-order valence-electron chi connectivity index (χ0n) is 7.81. The summed E-state index contributed by atoms with van der Waals surface area (Å²) in [5.41, 5.74) is 2.07. The highest BCUT2D eigenvalue weighted by Crippen LogP contribution is 2.08. The predicted molar refractivity (Wildman–Crippen MR) is 49.3 cm³/mol. The van der Waals surface area contributed by atoms with Gasteiger partial charge in [-0.2, -0.15) is 0 Å². The molecular weight excluding hydrogens is 164 g/mol. The van der Waals surface area contributed by atoms with Crippen molar-refractivity contribution >= 4 is 5.65 Å². The normalized spacial score (nSPS) is 11.3. The van der Waals surface area contributed by atoms with Gasteiger partial charge in [0.1, 0.15) is 0 Å². The Balaban J connectivity index is 2.37. The first-order valence-electron chi connectivity index (χ1n) is 4.42. The molecule has 0 aliphatic rings. The number of aromatic nitrogens is 4. The Morgan fingerprint density at radius 2 is 2.23 bits per heavy atom. The second-order valence-corrected chi connectivity index (χ2v) is 3.62. The highest BCUT2D eigenvalue weighted by atomic mass is 15.5. The molecule has 0 spiro atoms. The molecular formula is C9H12N4. The minimum absolute atomic E-state index is 0.661. The molecule has 0 aromatic carbocycles. The molecule has 0 unspecified atom stereocenters. The van der Waals surface area contributed by atoms with Gasteiger partial charge < -0.3 is 0 Å². The smallest absolute Gasteiger partial charge is 0.179 e. The van der Waals surface area contributed by atoms with Gasteiger partial charge in [0.25, 0.3) is 0 Å². The lowest BCUT2D eigenvalue weighted by atomic mass is 10.1. The number of pyridine rings is 1. The van der Waals surface area contributed by atoms with Crippen LogP contribution in [0.5, 0.6) is 0 Å². The Kier molecular flexibility index (Phi) is 1.96. The third kappa shape index (κ3) is 1.66. The zero-order chi connectivity index (χ0) is 9.26. The lowest BCUT2D eigenvalue weighted by Gasteiger charge is -2.03. The van der Waals surface area contributed by atoms with Crippen LogP contribution in [0.1, 0.15) is 19.4 Å². The van der Waals surface area contributed by atoms with E-state index in [9.17, 15) is 0 Å². The molecule has 0 saturated carbocycles. The molecule has 0 aliphatic heterocycles. The standard InChI is InChI=1S/C9H12N4/c1-7(2)5-8-3-4-9-10-11-12-13(9)6-8/h3-4,6-7H,5H2,1-2H3. The lowest BCUT2D eigenvalue weighted by molar-refractivity contribution is 0.643. The predicted octanol–water partition coefficient (Wildman–Crippen LogP) is 1.32. The Labute approximate surface area is 76.6 Å². The van der Waals surface area contributed by atoms with Gasteiger partial charge in [0.2, 0.25) is 0 Å². The molecule has 0 amide bonds. The van der Waals surface area contributed by atoms with Crippen LogP contribution in [-0.2, 0) is 6.42 Å². The summed E-state index contributed by atoms with van der Waals surface area (Å²) in [6.07, 6.45) is 3.05. The van der Waals surface area contributed by atoms with Gasteiger partial charge in [0.15, 0.2) is 5.65 Å². The molecule has 0 fully saturated rings. The highest BCUT2D eigenvalue weighted by Gasteiger charge is 2.00. The summed E-state index contributed by atoms with van der Waals surface area (Å²) in [4.78, 5) is 0. The highest BCUT2D eigenvalue weighted by molar-refractivity contribution is 5.36. The van der Waals surface area contributed by atoms with Gasteiger partial charge in [-0.25, -0.2) is 4.52 Å². The van der Waals surface area contributed by atoms with Crippen molar-refractivity contribution in [2.75, 3.05) is 0 Å². The van der Waals surface area contributed by atoms with Gasteiger partial charge in [-0.15, -0.1) is 5.10 Å². The number of fused-ring (bicyclic) bond motifs is 1. The Morgan fingerprint density at radius 3 is 3.00 bits per heavy atom. The van der Waals surface area contributed by atoms with E-state index < -0.39 is 0 Å². The fourth-order valence-electron chi connectivity index (χ4n) is 1.38. The van der Waals surface area contributed by atoms with E-state index in [1.54, 1.807) is 4.52 Å². The van der Waals surface area contributed by atoms with E-state index in [1.807, 2.05) is 12.3 Å². The van der Waals surface area contributed by atoms with Gasteiger partial charge in [0.05, 0.1) is 0 Å². The summed E-state index contributed by atoms with van der Waals surface area (Å²) in [6.45, 7) is 4.40. The quantitative estimate of drug-likeness (QED) is 0.693. The minimum Gasteiger partial charge on any atom is -0.200 e. The third-order valence-corrected chi connectivity index (χ3v) is 1.90. The van der Waals surface area contributed by atoms with Crippen molar-refractivity contribution < 1.29 is 0 Å². The summed E-state index contributed by atoms with van der Waals surface area (Å²) in [7, 11) is 0. The molecule has 2 aromatic heterocycles. The summed E-state index contributed by atoms with van der Waals surface area (Å²) < 4.78 is 1.71. The summed E-state index contributed by atoms with van der Waals surface area (Å²) in [5.74, 6) is 0.661. The maximum absolute atomic E-state index is 3.84. The van der Waals surface area contributed by atoms with Crippen molar-refractivity contribution in [1.82, 2.24) is 20.0 Å². The molecule has 2 heterocycles. The molecule has 68 valence electrons. The fourth-order valence-corrected chi connectivity index (χ4v) is 1.38. The van der Waals surface area contributed by atoms with E-state index in [-0.39, 0.29) is 0 Å². The molecule has 13 heavy (non-hydrogen) atoms. The van der Waals surface area contributed by atoms with Crippen molar-refractivity contribution in [1.29, 1.82) is 0 Å². The zero-order valence-corrected chi connectivity index (χ0v) is 7.81. The van der Waals surface area contributed by atoms with Gasteiger partial charge in [-0.05, 0) is 34.4 Å². The van der Waals surface area contributed by atoms with E-state index in [0.29, 0.717) is 5.92 Å². The van der Waals surface area contributed by atoms with Crippen molar-refractivity contribution in [2.45, 2.75) is 20.3 Å². The molecule has 0 N–H and O–H groups in total. The Bertz CT molecular complexity index is 405. The summed E-state index contributed by atoms with van der Waals surface area (Å²) in [6, 6.07) is 4.02. The van der Waals surface area contributed by atoms with Crippen LogP contribution in [-0.4, -0.2) is 20.0 Å². The SMILES string of the molecule is CC(C)Cc1ccc2nnnn2c1. The van der Waals surface area contributed by atoms with Gasteiger partial charge in [0, 0.05) is 6.20 Å². The number of nitrogens with zero attached hydrogens (tertiary/aromatic N) is 4. The van der Waals surface area contributed by atoms with Crippen LogP contribution in [0.15, 0.2) is 18.3 Å². The minimum atomic E-state index is 0.661. The van der Waals surface area contributed by atoms with Crippen molar-refractivity contribution in [3.05, 3.63) is 23.9 Å². The molecule has 2 rings (SSSR count). The van der Waals surface area contributed by atoms with Crippen molar-refractivity contribution in [2.24, 2.45) is 5.92 Å². The average molecular weight is 176 g/mol. The van der Waals surface area contributed by atoms with E-state index in [0.717, 1.165) is 12.1 Å². The topological polar surface area (TPSA) is 43.1 Å². The van der Waals surface area contributed by atoms with Crippen LogP contribution in [0.25, 0.3) is 5.65 Å². The maximum Gasteiger partial charge on any atom is 0.179 e. The second kappa shape index (κ2) is 3.12. The fraction of sp³-hybridized carbons (Fsp3) is 0.444. The molecule has 0 atom stereocenters. The molecule has 0 radical (unpaired) electrons. The summed E-state index contributed by atoms with van der Waals surface area (Å²) in [5, 5.41) is 11.3. The van der Waals surface area contributed by atoms with Crippen molar-refractivity contribution in [3.63, 3.8) is 0 Å². The largest absolute Gasteiger partial charge is 0.200 e. The molecule has 0 saturated heterocycles. The van der Waals surface area contributed by atoms with Gasteiger partial charge in [-0.1, -0.05) is 19.9 Å². The van der Waals surface area contributed by atoms with Crippen LogP contribution in [0.3, 0.4) is 0 Å².